The molecule has 2 aromatic carbocycles. The van der Waals surface area contributed by atoms with Crippen molar-refractivity contribution in [3.63, 3.8) is 0 Å². The fourth-order valence-electron chi connectivity index (χ4n) is 3.87. The first-order valence-corrected chi connectivity index (χ1v) is 13.6. The first kappa shape index (κ1) is 40.5. The summed E-state index contributed by atoms with van der Waals surface area (Å²) in [4.78, 5) is 36.2. The number of nitrogens with one attached hydrogen (secondary N) is 2. The van der Waals surface area contributed by atoms with Gasteiger partial charge >= 0.3 is 12.4 Å². The van der Waals surface area contributed by atoms with Crippen molar-refractivity contribution in [3.8, 4) is 0 Å². The number of benzene rings is 2. The van der Waals surface area contributed by atoms with Gasteiger partial charge in [0, 0.05) is 24.4 Å². The predicted octanol–water partition coefficient (Wildman–Crippen LogP) is 7.19. The summed E-state index contributed by atoms with van der Waals surface area (Å²) in [5.74, 6) is -1.63. The number of alkyl halides is 6. The van der Waals surface area contributed by atoms with Crippen LogP contribution in [0.3, 0.4) is 0 Å². The van der Waals surface area contributed by atoms with E-state index >= 15 is 0 Å². The number of anilines is 2. The van der Waals surface area contributed by atoms with E-state index in [0.29, 0.717) is 0 Å². The molecule has 2 rings (SSSR count). The lowest BCUT2D eigenvalue weighted by Crippen LogP contribution is -2.43. The van der Waals surface area contributed by atoms with Crippen LogP contribution in [-0.4, -0.2) is 41.0 Å². The largest absolute Gasteiger partial charge is 0.416 e. The van der Waals surface area contributed by atoms with Crippen LogP contribution in [0.2, 0.25) is 0 Å². The molecule has 0 aliphatic heterocycles. The Kier molecular flexibility index (Phi) is 14.8. The molecule has 1 unspecified atom stereocenters. The van der Waals surface area contributed by atoms with Crippen molar-refractivity contribution in [3.05, 3.63) is 59.7 Å². The molecule has 2 amide bonds. The van der Waals surface area contributed by atoms with Gasteiger partial charge in [0.2, 0.25) is 11.8 Å². The molecule has 0 saturated carbocycles. The Morgan fingerprint density at radius 2 is 0.955 bits per heavy atom. The number of ketones is 1. The summed E-state index contributed by atoms with van der Waals surface area (Å²) in [6.07, 6.45) is -9.68. The van der Waals surface area contributed by atoms with Crippen LogP contribution in [0.1, 0.15) is 66.5 Å². The molecule has 0 aromatic heterocycles. The number of aliphatic hydroxyl groups excluding tert-OH is 2. The lowest BCUT2D eigenvalue weighted by Gasteiger charge is -2.31. The lowest BCUT2D eigenvalue weighted by atomic mass is 9.80. The molecule has 13 heteroatoms. The third kappa shape index (κ3) is 11.6. The molecule has 0 spiro atoms. The highest BCUT2D eigenvalue weighted by atomic mass is 19.4. The van der Waals surface area contributed by atoms with Gasteiger partial charge < -0.3 is 20.8 Å². The van der Waals surface area contributed by atoms with Gasteiger partial charge in [-0.1, -0.05) is 27.7 Å². The second kappa shape index (κ2) is 16.0. The van der Waals surface area contributed by atoms with E-state index in [1.54, 1.807) is 41.5 Å². The van der Waals surface area contributed by atoms with Gasteiger partial charge in [0.05, 0.1) is 22.6 Å². The minimum atomic E-state index is -4.42. The third-order valence-electron chi connectivity index (χ3n) is 6.60. The van der Waals surface area contributed by atoms with Gasteiger partial charge in [-0.05, 0) is 82.1 Å². The molecule has 0 bridgehead atoms. The molecule has 0 radical (unpaired) electrons. The minimum absolute atomic E-state index is 0.113. The van der Waals surface area contributed by atoms with Crippen molar-refractivity contribution in [2.24, 2.45) is 22.7 Å². The van der Waals surface area contributed by atoms with Crippen LogP contribution in [-0.2, 0) is 26.7 Å². The SMILES string of the molecule is CC(C)C(=O)C(C)(C)C(=O)Nc1ccc(C(F)(F)F)cc1.CC(C)C(O)C(C)(C)C(=O)Nc1ccc(C(F)(F)F)cc1.CO. The zero-order chi connectivity index (χ0) is 34.8. The van der Waals surface area contributed by atoms with Gasteiger partial charge in [-0.3, -0.25) is 14.4 Å². The number of halogens is 6. The number of hydrogen-bond acceptors (Lipinski definition) is 5. The predicted molar refractivity (Wildman–Crippen MR) is 157 cm³/mol. The fraction of sp³-hybridized carbons (Fsp3) is 0.516. The maximum Gasteiger partial charge on any atom is 0.416 e. The summed E-state index contributed by atoms with van der Waals surface area (Å²) in [5, 5.41) is 22.0. The highest BCUT2D eigenvalue weighted by Gasteiger charge is 2.38. The summed E-state index contributed by atoms with van der Waals surface area (Å²) in [5.41, 5.74) is -3.37. The molecule has 7 nitrogen and oxygen atoms in total. The lowest BCUT2D eigenvalue weighted by molar-refractivity contribution is -0.139. The summed E-state index contributed by atoms with van der Waals surface area (Å²) >= 11 is 0. The Morgan fingerprint density at radius 3 is 1.23 bits per heavy atom. The topological polar surface area (TPSA) is 116 Å². The second-order valence-corrected chi connectivity index (χ2v) is 11.6. The highest BCUT2D eigenvalue weighted by Crippen LogP contribution is 2.32. The highest BCUT2D eigenvalue weighted by molar-refractivity contribution is 6.11. The smallest absolute Gasteiger partial charge is 0.400 e. The Hall–Kier alpha value is -3.45. The molecule has 2 aromatic rings. The van der Waals surface area contributed by atoms with Gasteiger partial charge in [0.15, 0.2) is 0 Å². The van der Waals surface area contributed by atoms with E-state index < -0.39 is 52.2 Å². The standard InChI is InChI=1S/C15H20F3NO2.C15H18F3NO2.CH4O/c2*1-9(2)12(20)14(3,4)13(21)19-11-7-5-10(6-8-11)15(16,17)18;1-2/h5-9,12,20H,1-4H3,(H,19,21);5-9H,1-4H3,(H,19,21);2H,1H3. The molecule has 0 aliphatic carbocycles. The molecule has 44 heavy (non-hydrogen) atoms. The van der Waals surface area contributed by atoms with Crippen molar-refractivity contribution in [1.82, 2.24) is 0 Å². The average Bonchev–Trinajstić information content (AvgIpc) is 2.93. The zero-order valence-electron chi connectivity index (χ0n) is 26.2. The van der Waals surface area contributed by atoms with Gasteiger partial charge in [-0.15, -0.1) is 0 Å². The summed E-state index contributed by atoms with van der Waals surface area (Å²) in [7, 11) is 1.00. The van der Waals surface area contributed by atoms with Crippen LogP contribution < -0.4 is 10.6 Å². The van der Waals surface area contributed by atoms with Crippen LogP contribution in [0.25, 0.3) is 0 Å². The second-order valence-electron chi connectivity index (χ2n) is 11.6. The maximum atomic E-state index is 12.4. The van der Waals surface area contributed by atoms with Crippen molar-refractivity contribution in [1.29, 1.82) is 0 Å². The zero-order valence-corrected chi connectivity index (χ0v) is 26.2. The Labute approximate surface area is 254 Å². The van der Waals surface area contributed by atoms with E-state index in [9.17, 15) is 45.8 Å². The molecule has 248 valence electrons. The molecule has 0 heterocycles. The van der Waals surface area contributed by atoms with E-state index in [4.69, 9.17) is 5.11 Å². The Balaban J connectivity index is 0.000000795. The van der Waals surface area contributed by atoms with Gasteiger partial charge in [0.25, 0.3) is 0 Å². The molecule has 4 N–H and O–H groups in total. The minimum Gasteiger partial charge on any atom is -0.400 e. The van der Waals surface area contributed by atoms with Crippen molar-refractivity contribution >= 4 is 29.0 Å². The molecule has 1 atom stereocenters. The van der Waals surface area contributed by atoms with Gasteiger partial charge in [0.1, 0.15) is 11.2 Å². The third-order valence-corrected chi connectivity index (χ3v) is 6.60. The van der Waals surface area contributed by atoms with E-state index in [1.807, 2.05) is 0 Å². The number of aliphatic hydroxyl groups is 2. The number of rotatable bonds is 8. The summed E-state index contributed by atoms with van der Waals surface area (Å²) < 4.78 is 74.6. The summed E-state index contributed by atoms with van der Waals surface area (Å²) in [6, 6.07) is 8.28. The molecule has 0 aliphatic rings. The number of carbonyl (C=O) groups excluding carboxylic acids is 3. The quantitative estimate of drug-likeness (QED) is 0.181. The normalized spacial score (nSPS) is 12.8. The van der Waals surface area contributed by atoms with E-state index in [-0.39, 0.29) is 29.0 Å². The first-order valence-electron chi connectivity index (χ1n) is 13.6. The van der Waals surface area contributed by atoms with Crippen molar-refractivity contribution < 1.29 is 50.9 Å². The molecule has 0 saturated heterocycles. The first-order chi connectivity index (χ1) is 19.9. The van der Waals surface area contributed by atoms with Crippen LogP contribution in [0.15, 0.2) is 48.5 Å². The van der Waals surface area contributed by atoms with E-state index in [0.717, 1.165) is 43.5 Å². The summed E-state index contributed by atoms with van der Waals surface area (Å²) in [6.45, 7) is 13.1. The number of carbonyl (C=O) groups is 3. The van der Waals surface area contributed by atoms with Crippen molar-refractivity contribution in [2.75, 3.05) is 17.7 Å². The van der Waals surface area contributed by atoms with Crippen LogP contribution in [0.4, 0.5) is 37.7 Å². The molecular weight excluding hydrogens is 594 g/mol. The number of Topliss-reactive ketones (excluding diaryl/α,β-unsaturated/α-hetero) is 1. The fourth-order valence-corrected chi connectivity index (χ4v) is 3.87. The van der Waals surface area contributed by atoms with Crippen molar-refractivity contribution in [2.45, 2.75) is 73.8 Å². The number of hydrogen-bond donors (Lipinski definition) is 4. The monoisotopic (exact) mass is 636 g/mol. The Bertz CT molecular complexity index is 1220. The Morgan fingerprint density at radius 1 is 0.636 bits per heavy atom. The average molecular weight is 637 g/mol. The van der Waals surface area contributed by atoms with Crippen LogP contribution >= 0.6 is 0 Å². The molecule has 0 fully saturated rings. The van der Waals surface area contributed by atoms with Crippen LogP contribution in [0, 0.1) is 22.7 Å². The van der Waals surface area contributed by atoms with Gasteiger partial charge in [-0.2, -0.15) is 26.3 Å². The van der Waals surface area contributed by atoms with E-state index in [1.165, 1.54) is 26.0 Å². The molecular formula is C31H42F6N2O5. The number of amides is 2. The van der Waals surface area contributed by atoms with Crippen LogP contribution in [0.5, 0.6) is 0 Å². The van der Waals surface area contributed by atoms with E-state index in [2.05, 4.69) is 10.6 Å². The maximum absolute atomic E-state index is 12.4. The van der Waals surface area contributed by atoms with Gasteiger partial charge in [-0.25, -0.2) is 0 Å².